The van der Waals surface area contributed by atoms with Crippen LogP contribution in [0.15, 0.2) is 54.6 Å². The number of hydrogen-bond donors (Lipinski definition) is 0. The fraction of sp³-hybridized carbons (Fsp3) is 0.429. The van der Waals surface area contributed by atoms with Gasteiger partial charge in [0.1, 0.15) is 13.2 Å². The number of benzene rings is 1. The summed E-state index contributed by atoms with van der Waals surface area (Å²) in [5, 5.41) is 0. The van der Waals surface area contributed by atoms with Crippen LogP contribution in [-0.4, -0.2) is 44.2 Å². The molecular formula is C21H28O6. The molecule has 0 fully saturated rings. The molecule has 0 bridgehead atoms. The lowest BCUT2D eigenvalue weighted by molar-refractivity contribution is -0.233. The van der Waals surface area contributed by atoms with E-state index in [1.165, 1.54) is 0 Å². The Kier molecular flexibility index (Phi) is 9.47. The molecule has 0 radical (unpaired) electrons. The summed E-state index contributed by atoms with van der Waals surface area (Å²) in [4.78, 5) is 22.8. The normalized spacial score (nSPS) is 10.9. The van der Waals surface area contributed by atoms with E-state index in [0.29, 0.717) is 17.6 Å². The lowest BCUT2D eigenvalue weighted by Crippen LogP contribution is -2.37. The second-order valence-corrected chi connectivity index (χ2v) is 6.33. The zero-order chi connectivity index (χ0) is 20.3. The van der Waals surface area contributed by atoms with E-state index in [1.54, 1.807) is 20.8 Å². The number of carbonyl (C=O) groups excluding carboxylic acids is 2. The first-order valence-electron chi connectivity index (χ1n) is 8.70. The van der Waals surface area contributed by atoms with Crippen LogP contribution in [0.5, 0.6) is 0 Å². The quantitative estimate of drug-likeness (QED) is 0.241. The van der Waals surface area contributed by atoms with Crippen molar-refractivity contribution in [1.82, 2.24) is 0 Å². The molecule has 0 saturated heterocycles. The minimum Gasteiger partial charge on any atom is -0.460 e. The monoisotopic (exact) mass is 376 g/mol. The molecule has 0 aliphatic rings. The van der Waals surface area contributed by atoms with Crippen LogP contribution in [0.25, 0.3) is 0 Å². The van der Waals surface area contributed by atoms with Crippen molar-refractivity contribution in [2.24, 2.45) is 0 Å². The molecule has 0 aliphatic carbocycles. The second-order valence-electron chi connectivity index (χ2n) is 6.33. The lowest BCUT2D eigenvalue weighted by Gasteiger charge is -2.30. The molecular weight excluding hydrogens is 348 g/mol. The minimum atomic E-state index is -0.966. The van der Waals surface area contributed by atoms with Gasteiger partial charge in [0.05, 0.1) is 13.2 Å². The lowest BCUT2D eigenvalue weighted by atomic mass is 10.1. The van der Waals surface area contributed by atoms with Crippen LogP contribution >= 0.6 is 0 Å². The molecule has 6 heteroatoms. The highest BCUT2D eigenvalue weighted by molar-refractivity contribution is 5.87. The SMILES string of the molecule is C=C(C)C(=O)OCCOC(C)(Cc1ccccc1)OCCOC(=O)C(=C)C. The predicted molar refractivity (Wildman–Crippen MR) is 102 cm³/mol. The Morgan fingerprint density at radius 3 is 1.70 bits per heavy atom. The van der Waals surface area contributed by atoms with Gasteiger partial charge in [-0.2, -0.15) is 0 Å². The highest BCUT2D eigenvalue weighted by atomic mass is 16.7. The molecule has 0 aromatic heterocycles. The smallest absolute Gasteiger partial charge is 0.333 e. The van der Waals surface area contributed by atoms with Gasteiger partial charge in [-0.15, -0.1) is 0 Å². The molecule has 1 aromatic rings. The number of carbonyl (C=O) groups is 2. The van der Waals surface area contributed by atoms with Crippen LogP contribution in [0.2, 0.25) is 0 Å². The maximum absolute atomic E-state index is 11.4. The van der Waals surface area contributed by atoms with E-state index in [0.717, 1.165) is 5.56 Å². The van der Waals surface area contributed by atoms with Crippen LogP contribution in [0.3, 0.4) is 0 Å². The van der Waals surface area contributed by atoms with Gasteiger partial charge in [-0.3, -0.25) is 0 Å². The number of rotatable bonds is 12. The summed E-state index contributed by atoms with van der Waals surface area (Å²) in [5.41, 5.74) is 1.69. The summed E-state index contributed by atoms with van der Waals surface area (Å²) in [6.07, 6.45) is 0.483. The van der Waals surface area contributed by atoms with E-state index >= 15 is 0 Å². The van der Waals surface area contributed by atoms with Gasteiger partial charge in [0, 0.05) is 17.6 Å². The minimum absolute atomic E-state index is 0.0874. The topological polar surface area (TPSA) is 71.1 Å². The van der Waals surface area contributed by atoms with Crippen LogP contribution < -0.4 is 0 Å². The molecule has 0 amide bonds. The van der Waals surface area contributed by atoms with Gasteiger partial charge in [-0.25, -0.2) is 9.59 Å². The van der Waals surface area contributed by atoms with Gasteiger partial charge in [0.2, 0.25) is 0 Å². The van der Waals surface area contributed by atoms with E-state index < -0.39 is 17.7 Å². The molecule has 1 aromatic carbocycles. The molecule has 27 heavy (non-hydrogen) atoms. The molecule has 0 N–H and O–H groups in total. The Morgan fingerprint density at radius 2 is 1.30 bits per heavy atom. The van der Waals surface area contributed by atoms with Crippen molar-refractivity contribution < 1.29 is 28.5 Å². The Morgan fingerprint density at radius 1 is 0.852 bits per heavy atom. The molecule has 0 heterocycles. The Bertz CT molecular complexity index is 616. The molecule has 148 valence electrons. The van der Waals surface area contributed by atoms with E-state index in [-0.39, 0.29) is 26.4 Å². The Balaban J connectivity index is 2.57. The summed E-state index contributed by atoms with van der Waals surface area (Å²) in [6.45, 7) is 12.5. The molecule has 0 aliphatic heterocycles. The van der Waals surface area contributed by atoms with Crippen LogP contribution in [-0.2, 0) is 35.0 Å². The first kappa shape index (κ1) is 22.6. The third kappa shape index (κ3) is 9.17. The average Bonchev–Trinajstić information content (AvgIpc) is 2.62. The first-order chi connectivity index (χ1) is 12.7. The van der Waals surface area contributed by atoms with Crippen molar-refractivity contribution in [3.63, 3.8) is 0 Å². The number of ether oxygens (including phenoxy) is 4. The molecule has 6 nitrogen and oxygen atoms in total. The maximum atomic E-state index is 11.4. The van der Waals surface area contributed by atoms with Crippen molar-refractivity contribution in [3.05, 3.63) is 60.2 Å². The highest BCUT2D eigenvalue weighted by Crippen LogP contribution is 2.19. The van der Waals surface area contributed by atoms with Gasteiger partial charge in [-0.1, -0.05) is 43.5 Å². The van der Waals surface area contributed by atoms with Crippen molar-refractivity contribution >= 4 is 11.9 Å². The Hall–Kier alpha value is -2.44. The van der Waals surface area contributed by atoms with Gasteiger partial charge < -0.3 is 18.9 Å². The van der Waals surface area contributed by atoms with Crippen molar-refractivity contribution in [1.29, 1.82) is 0 Å². The highest BCUT2D eigenvalue weighted by Gasteiger charge is 2.27. The van der Waals surface area contributed by atoms with E-state index in [1.807, 2.05) is 30.3 Å². The summed E-state index contributed by atoms with van der Waals surface area (Å²) in [7, 11) is 0. The Labute approximate surface area is 160 Å². The van der Waals surface area contributed by atoms with Crippen molar-refractivity contribution in [3.8, 4) is 0 Å². The molecule has 0 unspecified atom stereocenters. The third-order valence-electron chi connectivity index (χ3n) is 3.51. The first-order valence-corrected chi connectivity index (χ1v) is 8.70. The van der Waals surface area contributed by atoms with Crippen molar-refractivity contribution in [2.75, 3.05) is 26.4 Å². The molecule has 0 spiro atoms. The van der Waals surface area contributed by atoms with Gasteiger partial charge >= 0.3 is 11.9 Å². The summed E-state index contributed by atoms with van der Waals surface area (Å²) < 4.78 is 21.7. The van der Waals surface area contributed by atoms with Gasteiger partial charge in [0.15, 0.2) is 5.79 Å². The van der Waals surface area contributed by atoms with Crippen LogP contribution in [0.4, 0.5) is 0 Å². The third-order valence-corrected chi connectivity index (χ3v) is 3.51. The molecule has 1 rings (SSSR count). The largest absolute Gasteiger partial charge is 0.460 e. The fourth-order valence-electron chi connectivity index (χ4n) is 2.14. The van der Waals surface area contributed by atoms with E-state index in [4.69, 9.17) is 18.9 Å². The van der Waals surface area contributed by atoms with Gasteiger partial charge in [0.25, 0.3) is 0 Å². The molecule has 0 atom stereocenters. The number of hydrogen-bond acceptors (Lipinski definition) is 6. The average molecular weight is 376 g/mol. The zero-order valence-corrected chi connectivity index (χ0v) is 16.3. The maximum Gasteiger partial charge on any atom is 0.333 e. The zero-order valence-electron chi connectivity index (χ0n) is 16.3. The van der Waals surface area contributed by atoms with Gasteiger partial charge in [-0.05, 0) is 26.3 Å². The summed E-state index contributed by atoms with van der Waals surface area (Å²) >= 11 is 0. The second kappa shape index (κ2) is 11.3. The predicted octanol–water partition coefficient (Wildman–Crippen LogP) is 3.22. The summed E-state index contributed by atoms with van der Waals surface area (Å²) in [5.74, 6) is -1.89. The van der Waals surface area contributed by atoms with Crippen LogP contribution in [0.1, 0.15) is 26.3 Å². The standard InChI is InChI=1S/C21H28O6/c1-16(2)19(22)24-11-13-26-21(5,15-18-9-7-6-8-10-18)27-14-12-25-20(23)17(3)4/h6-10H,1,3,11-15H2,2,4-5H3. The van der Waals surface area contributed by atoms with Crippen molar-refractivity contribution in [2.45, 2.75) is 33.0 Å². The fourth-order valence-corrected chi connectivity index (χ4v) is 2.14. The molecule has 0 saturated carbocycles. The summed E-state index contributed by atoms with van der Waals surface area (Å²) in [6, 6.07) is 9.72. The number of esters is 2. The van der Waals surface area contributed by atoms with Crippen LogP contribution in [0, 0.1) is 0 Å². The van der Waals surface area contributed by atoms with E-state index in [2.05, 4.69) is 13.2 Å². The van der Waals surface area contributed by atoms with E-state index in [9.17, 15) is 9.59 Å².